The Morgan fingerprint density at radius 1 is 1.21 bits per heavy atom. The molecule has 0 aliphatic heterocycles. The largest absolute Gasteiger partial charge is 0.481 e. The lowest BCUT2D eigenvalue weighted by Gasteiger charge is -2.05. The number of carbonyl (C=O) groups is 2. The van der Waals surface area contributed by atoms with E-state index in [0.29, 0.717) is 19.4 Å². The molecule has 0 unspecified atom stereocenters. The van der Waals surface area contributed by atoms with Crippen molar-refractivity contribution in [3.63, 3.8) is 0 Å². The van der Waals surface area contributed by atoms with Crippen LogP contribution in [-0.2, 0) is 16.0 Å². The number of aliphatic carboxylic acids is 1. The average Bonchev–Trinajstić information content (AvgIpc) is 2.33. The van der Waals surface area contributed by atoms with Crippen LogP contribution in [0.1, 0.15) is 31.2 Å². The van der Waals surface area contributed by atoms with Crippen LogP contribution in [0.3, 0.4) is 0 Å². The molecule has 104 valence electrons. The number of rotatable bonds is 8. The summed E-state index contributed by atoms with van der Waals surface area (Å²) in [5, 5.41) is 11.3. The fourth-order valence-electron chi connectivity index (χ4n) is 1.70. The van der Waals surface area contributed by atoms with E-state index >= 15 is 0 Å². The van der Waals surface area contributed by atoms with Crippen molar-refractivity contribution in [3.8, 4) is 0 Å². The summed E-state index contributed by atoms with van der Waals surface area (Å²) in [7, 11) is 0. The summed E-state index contributed by atoms with van der Waals surface area (Å²) in [6.45, 7) is 0.613. The molecular formula is C14H18INO3. The van der Waals surface area contributed by atoms with Crippen molar-refractivity contribution in [3.05, 3.63) is 33.4 Å². The van der Waals surface area contributed by atoms with Crippen LogP contribution < -0.4 is 5.32 Å². The summed E-state index contributed by atoms with van der Waals surface area (Å²) in [5.41, 5.74) is 1.01. The van der Waals surface area contributed by atoms with Crippen LogP contribution in [0.5, 0.6) is 0 Å². The number of unbranched alkanes of at least 4 members (excludes halogenated alkanes) is 2. The molecule has 1 aromatic carbocycles. The molecule has 2 N–H and O–H groups in total. The molecule has 1 aromatic rings. The SMILES string of the molecule is O=C(O)CCCCCNC(=O)Cc1cccc(I)c1. The van der Waals surface area contributed by atoms with Gasteiger partial charge >= 0.3 is 5.97 Å². The second kappa shape index (κ2) is 8.90. The van der Waals surface area contributed by atoms with Gasteiger partial charge in [-0.05, 0) is 53.1 Å². The summed E-state index contributed by atoms with van der Waals surface area (Å²) in [5.74, 6) is -0.747. The average molecular weight is 375 g/mol. The van der Waals surface area contributed by atoms with Gasteiger partial charge in [0.2, 0.25) is 5.91 Å². The van der Waals surface area contributed by atoms with E-state index in [1.807, 2.05) is 24.3 Å². The van der Waals surface area contributed by atoms with E-state index in [4.69, 9.17) is 5.11 Å². The van der Waals surface area contributed by atoms with Crippen molar-refractivity contribution < 1.29 is 14.7 Å². The zero-order valence-electron chi connectivity index (χ0n) is 10.7. The zero-order chi connectivity index (χ0) is 14.1. The molecule has 0 radical (unpaired) electrons. The van der Waals surface area contributed by atoms with Gasteiger partial charge in [0.05, 0.1) is 6.42 Å². The highest BCUT2D eigenvalue weighted by atomic mass is 127. The predicted molar refractivity (Wildman–Crippen MR) is 82.0 cm³/mol. The highest BCUT2D eigenvalue weighted by Gasteiger charge is 2.03. The molecule has 19 heavy (non-hydrogen) atoms. The molecule has 0 heterocycles. The Morgan fingerprint density at radius 2 is 2.00 bits per heavy atom. The van der Waals surface area contributed by atoms with Crippen LogP contribution in [0.2, 0.25) is 0 Å². The van der Waals surface area contributed by atoms with Gasteiger partial charge in [-0.2, -0.15) is 0 Å². The highest BCUT2D eigenvalue weighted by molar-refractivity contribution is 14.1. The van der Waals surface area contributed by atoms with Crippen LogP contribution >= 0.6 is 22.6 Å². The number of nitrogens with one attached hydrogen (secondary N) is 1. The van der Waals surface area contributed by atoms with Crippen LogP contribution in [0.4, 0.5) is 0 Å². The van der Waals surface area contributed by atoms with E-state index in [-0.39, 0.29) is 12.3 Å². The first-order chi connectivity index (χ1) is 9.08. The first-order valence-corrected chi connectivity index (χ1v) is 7.39. The smallest absolute Gasteiger partial charge is 0.303 e. The molecule has 1 amide bonds. The third-order valence-electron chi connectivity index (χ3n) is 2.64. The molecule has 0 atom stereocenters. The Morgan fingerprint density at radius 3 is 2.68 bits per heavy atom. The number of carbonyl (C=O) groups excluding carboxylic acids is 1. The summed E-state index contributed by atoms with van der Waals surface area (Å²) in [6.07, 6.45) is 2.92. The van der Waals surface area contributed by atoms with E-state index in [9.17, 15) is 9.59 Å². The lowest BCUT2D eigenvalue weighted by molar-refractivity contribution is -0.137. The molecule has 0 saturated carbocycles. The predicted octanol–water partition coefficient (Wildman–Crippen LogP) is 2.59. The molecule has 4 nitrogen and oxygen atoms in total. The number of hydrogen-bond acceptors (Lipinski definition) is 2. The first kappa shape index (κ1) is 15.9. The van der Waals surface area contributed by atoms with Crippen LogP contribution in [0, 0.1) is 3.57 Å². The van der Waals surface area contributed by atoms with Crippen LogP contribution in [-0.4, -0.2) is 23.5 Å². The number of hydrogen-bond donors (Lipinski definition) is 2. The molecule has 0 saturated heterocycles. The van der Waals surface area contributed by atoms with E-state index in [1.54, 1.807) is 0 Å². The lowest BCUT2D eigenvalue weighted by atomic mass is 10.1. The van der Waals surface area contributed by atoms with Gasteiger partial charge in [-0.25, -0.2) is 0 Å². The maximum absolute atomic E-state index is 11.7. The van der Waals surface area contributed by atoms with Crippen LogP contribution in [0.15, 0.2) is 24.3 Å². The van der Waals surface area contributed by atoms with E-state index in [2.05, 4.69) is 27.9 Å². The summed E-state index contributed by atoms with van der Waals surface area (Å²) < 4.78 is 1.12. The Hall–Kier alpha value is -1.11. The molecule has 0 aromatic heterocycles. The van der Waals surface area contributed by atoms with Crippen molar-refractivity contribution in [2.24, 2.45) is 0 Å². The van der Waals surface area contributed by atoms with E-state index in [1.165, 1.54) is 0 Å². The minimum absolute atomic E-state index is 0.0141. The third kappa shape index (κ3) is 7.81. The molecule has 0 bridgehead atoms. The molecule has 0 spiro atoms. The van der Waals surface area contributed by atoms with Gasteiger partial charge in [-0.15, -0.1) is 0 Å². The fraction of sp³-hybridized carbons (Fsp3) is 0.429. The maximum Gasteiger partial charge on any atom is 0.303 e. The third-order valence-corrected chi connectivity index (χ3v) is 3.31. The Kier molecular flexibility index (Phi) is 7.47. The van der Waals surface area contributed by atoms with Gasteiger partial charge in [0.25, 0.3) is 0 Å². The number of amides is 1. The molecule has 0 aliphatic rings. The number of carboxylic acids is 1. The van der Waals surface area contributed by atoms with E-state index < -0.39 is 5.97 Å². The number of halogens is 1. The van der Waals surface area contributed by atoms with Gasteiger partial charge in [0.15, 0.2) is 0 Å². The van der Waals surface area contributed by atoms with Gasteiger partial charge < -0.3 is 10.4 Å². The van der Waals surface area contributed by atoms with Crippen molar-refractivity contribution in [2.75, 3.05) is 6.54 Å². The van der Waals surface area contributed by atoms with Gasteiger partial charge in [0, 0.05) is 16.5 Å². The van der Waals surface area contributed by atoms with Crippen molar-refractivity contribution in [2.45, 2.75) is 32.1 Å². The first-order valence-electron chi connectivity index (χ1n) is 6.31. The summed E-state index contributed by atoms with van der Waals surface area (Å²) in [4.78, 5) is 22.0. The molecule has 1 rings (SSSR count). The monoisotopic (exact) mass is 375 g/mol. The summed E-state index contributed by atoms with van der Waals surface area (Å²) >= 11 is 2.22. The lowest BCUT2D eigenvalue weighted by Crippen LogP contribution is -2.26. The summed E-state index contributed by atoms with van der Waals surface area (Å²) in [6, 6.07) is 7.86. The maximum atomic E-state index is 11.7. The van der Waals surface area contributed by atoms with Crippen molar-refractivity contribution in [1.82, 2.24) is 5.32 Å². The Bertz CT molecular complexity index is 434. The van der Waals surface area contributed by atoms with Crippen LogP contribution in [0.25, 0.3) is 0 Å². The van der Waals surface area contributed by atoms with Gasteiger partial charge in [-0.1, -0.05) is 18.6 Å². The molecule has 0 fully saturated rings. The molecule has 5 heteroatoms. The van der Waals surface area contributed by atoms with Crippen molar-refractivity contribution >= 4 is 34.5 Å². The van der Waals surface area contributed by atoms with Gasteiger partial charge in [-0.3, -0.25) is 9.59 Å². The quantitative estimate of drug-likeness (QED) is 0.542. The second-order valence-electron chi connectivity index (χ2n) is 4.36. The highest BCUT2D eigenvalue weighted by Crippen LogP contribution is 2.08. The van der Waals surface area contributed by atoms with E-state index in [0.717, 1.165) is 22.0 Å². The topological polar surface area (TPSA) is 66.4 Å². The normalized spacial score (nSPS) is 10.2. The molecule has 0 aliphatic carbocycles. The Labute approximate surface area is 126 Å². The fourth-order valence-corrected chi connectivity index (χ4v) is 2.31. The standard InChI is InChI=1S/C14H18INO3/c15-12-6-4-5-11(9-12)10-13(17)16-8-3-1-2-7-14(18)19/h4-6,9H,1-3,7-8,10H2,(H,16,17)(H,18,19). The number of benzene rings is 1. The minimum atomic E-state index is -0.761. The van der Waals surface area contributed by atoms with Gasteiger partial charge in [0.1, 0.15) is 0 Å². The number of carboxylic acid groups (broad SMARTS) is 1. The Balaban J connectivity index is 2.13. The zero-order valence-corrected chi connectivity index (χ0v) is 12.9. The second-order valence-corrected chi connectivity index (χ2v) is 5.61. The van der Waals surface area contributed by atoms with Crippen molar-refractivity contribution in [1.29, 1.82) is 0 Å². The minimum Gasteiger partial charge on any atom is -0.481 e. The molecular weight excluding hydrogens is 357 g/mol.